The smallest absolute Gasteiger partial charge is 0.341 e. The SMILES string of the molecule is O=C(O)COc1cccc2c1CC(CCCc1nc(-c3ccccc3)no1)C2. The van der Waals surface area contributed by atoms with Gasteiger partial charge in [-0.1, -0.05) is 47.6 Å². The van der Waals surface area contributed by atoms with Crippen molar-refractivity contribution in [2.45, 2.75) is 32.1 Å². The minimum Gasteiger partial charge on any atom is -0.482 e. The molecule has 0 aliphatic heterocycles. The van der Waals surface area contributed by atoms with E-state index in [-0.39, 0.29) is 6.61 Å². The van der Waals surface area contributed by atoms with E-state index in [0.29, 0.717) is 23.4 Å². The molecule has 0 radical (unpaired) electrons. The maximum Gasteiger partial charge on any atom is 0.341 e. The number of carbonyl (C=O) groups is 1. The summed E-state index contributed by atoms with van der Waals surface area (Å²) in [5.74, 6) is 1.57. The monoisotopic (exact) mass is 378 g/mol. The summed E-state index contributed by atoms with van der Waals surface area (Å²) in [6.45, 7) is -0.304. The van der Waals surface area contributed by atoms with Crippen LogP contribution in [-0.4, -0.2) is 27.8 Å². The van der Waals surface area contributed by atoms with E-state index >= 15 is 0 Å². The number of fused-ring (bicyclic) bond motifs is 1. The molecule has 1 N–H and O–H groups in total. The lowest BCUT2D eigenvalue weighted by atomic mass is 9.99. The fraction of sp³-hybridized carbons (Fsp3) is 0.318. The van der Waals surface area contributed by atoms with E-state index in [1.807, 2.05) is 42.5 Å². The van der Waals surface area contributed by atoms with Crippen LogP contribution in [0.2, 0.25) is 0 Å². The maximum atomic E-state index is 10.8. The highest BCUT2D eigenvalue weighted by Crippen LogP contribution is 2.35. The zero-order valence-electron chi connectivity index (χ0n) is 15.5. The van der Waals surface area contributed by atoms with Gasteiger partial charge in [-0.25, -0.2) is 4.79 Å². The Balaban J connectivity index is 1.30. The van der Waals surface area contributed by atoms with Crippen molar-refractivity contribution >= 4 is 5.97 Å². The lowest BCUT2D eigenvalue weighted by Gasteiger charge is -2.09. The molecule has 0 fully saturated rings. The molecule has 2 aromatic carbocycles. The Morgan fingerprint density at radius 2 is 2.00 bits per heavy atom. The molecular weight excluding hydrogens is 356 g/mol. The molecule has 1 aliphatic rings. The van der Waals surface area contributed by atoms with Gasteiger partial charge in [-0.2, -0.15) is 4.98 Å². The second-order valence-corrected chi connectivity index (χ2v) is 7.12. The van der Waals surface area contributed by atoms with Gasteiger partial charge in [0.15, 0.2) is 6.61 Å². The number of carboxylic acid groups (broad SMARTS) is 1. The molecule has 4 rings (SSSR count). The Bertz CT molecular complexity index is 952. The summed E-state index contributed by atoms with van der Waals surface area (Å²) in [6, 6.07) is 15.7. The molecule has 1 aliphatic carbocycles. The number of ether oxygens (including phenoxy) is 1. The van der Waals surface area contributed by atoms with Crippen LogP contribution >= 0.6 is 0 Å². The Morgan fingerprint density at radius 1 is 1.14 bits per heavy atom. The van der Waals surface area contributed by atoms with Crippen molar-refractivity contribution in [2.75, 3.05) is 6.61 Å². The summed E-state index contributed by atoms with van der Waals surface area (Å²) in [5.41, 5.74) is 3.37. The third kappa shape index (κ3) is 4.22. The van der Waals surface area contributed by atoms with E-state index in [1.165, 1.54) is 5.56 Å². The molecule has 1 aromatic heterocycles. The van der Waals surface area contributed by atoms with Gasteiger partial charge in [0.25, 0.3) is 0 Å². The van der Waals surface area contributed by atoms with E-state index in [4.69, 9.17) is 14.4 Å². The lowest BCUT2D eigenvalue weighted by molar-refractivity contribution is -0.139. The average molecular weight is 378 g/mol. The first-order valence-corrected chi connectivity index (χ1v) is 9.52. The largest absolute Gasteiger partial charge is 0.482 e. The standard InChI is InChI=1S/C22H22N2O4/c25-21(26)14-27-19-10-5-9-17-12-15(13-18(17)19)6-4-11-20-23-22(24-28-20)16-7-2-1-3-8-16/h1-3,5,7-10,15H,4,6,11-14H2,(H,25,26). The van der Waals surface area contributed by atoms with Crippen molar-refractivity contribution in [3.05, 3.63) is 65.5 Å². The molecule has 3 aromatic rings. The fourth-order valence-electron chi connectivity index (χ4n) is 3.79. The van der Waals surface area contributed by atoms with Crippen LogP contribution in [0, 0.1) is 5.92 Å². The Morgan fingerprint density at radius 3 is 2.82 bits per heavy atom. The van der Waals surface area contributed by atoms with Crippen molar-refractivity contribution in [3.8, 4) is 17.1 Å². The summed E-state index contributed by atoms with van der Waals surface area (Å²) in [4.78, 5) is 15.2. The Hall–Kier alpha value is -3.15. The van der Waals surface area contributed by atoms with Gasteiger partial charge in [0.2, 0.25) is 11.7 Å². The highest BCUT2D eigenvalue weighted by molar-refractivity contribution is 5.68. The molecule has 0 saturated heterocycles. The van der Waals surface area contributed by atoms with Gasteiger partial charge >= 0.3 is 5.97 Å². The minimum atomic E-state index is -0.957. The minimum absolute atomic E-state index is 0.304. The van der Waals surface area contributed by atoms with Crippen LogP contribution in [0.1, 0.15) is 29.9 Å². The van der Waals surface area contributed by atoms with Crippen LogP contribution in [0.25, 0.3) is 11.4 Å². The number of nitrogens with zero attached hydrogens (tertiary/aromatic N) is 2. The predicted molar refractivity (Wildman–Crippen MR) is 103 cm³/mol. The number of aromatic nitrogens is 2. The number of hydrogen-bond acceptors (Lipinski definition) is 5. The van der Waals surface area contributed by atoms with Crippen molar-refractivity contribution in [3.63, 3.8) is 0 Å². The summed E-state index contributed by atoms with van der Waals surface area (Å²) in [7, 11) is 0. The van der Waals surface area contributed by atoms with Crippen molar-refractivity contribution < 1.29 is 19.2 Å². The van der Waals surface area contributed by atoms with Crippen LogP contribution in [0.4, 0.5) is 0 Å². The predicted octanol–water partition coefficient (Wildman–Crippen LogP) is 3.94. The van der Waals surface area contributed by atoms with Gasteiger partial charge in [-0.3, -0.25) is 0 Å². The van der Waals surface area contributed by atoms with Crippen molar-refractivity contribution in [1.29, 1.82) is 0 Å². The molecule has 6 heteroatoms. The molecule has 144 valence electrons. The Kier molecular flexibility index (Phi) is 5.37. The van der Waals surface area contributed by atoms with E-state index in [9.17, 15) is 4.79 Å². The highest BCUT2D eigenvalue weighted by atomic mass is 16.5. The number of rotatable bonds is 8. The van der Waals surface area contributed by atoms with Crippen molar-refractivity contribution in [2.24, 2.45) is 5.92 Å². The zero-order chi connectivity index (χ0) is 19.3. The third-order valence-corrected chi connectivity index (χ3v) is 5.09. The van der Waals surface area contributed by atoms with Gasteiger partial charge in [0, 0.05) is 12.0 Å². The first kappa shape index (κ1) is 18.2. The normalized spacial score (nSPS) is 15.4. The number of aryl methyl sites for hydroxylation is 1. The van der Waals surface area contributed by atoms with Gasteiger partial charge in [-0.15, -0.1) is 0 Å². The second-order valence-electron chi connectivity index (χ2n) is 7.12. The molecule has 1 heterocycles. The molecule has 0 bridgehead atoms. The van der Waals surface area contributed by atoms with E-state index in [0.717, 1.165) is 43.2 Å². The summed E-state index contributed by atoms with van der Waals surface area (Å²) in [6.07, 6.45) is 4.70. The van der Waals surface area contributed by atoms with E-state index in [1.54, 1.807) is 0 Å². The first-order chi connectivity index (χ1) is 13.7. The highest BCUT2D eigenvalue weighted by Gasteiger charge is 2.24. The topological polar surface area (TPSA) is 85.5 Å². The lowest BCUT2D eigenvalue weighted by Crippen LogP contribution is -2.10. The van der Waals surface area contributed by atoms with Gasteiger partial charge < -0.3 is 14.4 Å². The van der Waals surface area contributed by atoms with Crippen LogP contribution in [-0.2, 0) is 24.1 Å². The maximum absolute atomic E-state index is 10.8. The Labute approximate surface area is 163 Å². The molecule has 1 unspecified atom stereocenters. The quantitative estimate of drug-likeness (QED) is 0.639. The van der Waals surface area contributed by atoms with E-state index < -0.39 is 5.97 Å². The summed E-state index contributed by atoms with van der Waals surface area (Å²) in [5, 5.41) is 12.9. The summed E-state index contributed by atoms with van der Waals surface area (Å²) < 4.78 is 10.8. The number of benzene rings is 2. The van der Waals surface area contributed by atoms with Gasteiger partial charge in [0.1, 0.15) is 5.75 Å². The number of carboxylic acids is 1. The zero-order valence-corrected chi connectivity index (χ0v) is 15.5. The van der Waals surface area contributed by atoms with Gasteiger partial charge in [0.05, 0.1) is 0 Å². The van der Waals surface area contributed by atoms with Crippen molar-refractivity contribution in [1.82, 2.24) is 10.1 Å². The van der Waals surface area contributed by atoms with Crippen LogP contribution in [0.3, 0.4) is 0 Å². The molecule has 0 spiro atoms. The van der Waals surface area contributed by atoms with E-state index in [2.05, 4.69) is 16.2 Å². The van der Waals surface area contributed by atoms with Gasteiger partial charge in [-0.05, 0) is 48.8 Å². The van der Waals surface area contributed by atoms with Crippen LogP contribution in [0.5, 0.6) is 5.75 Å². The van der Waals surface area contributed by atoms with Crippen LogP contribution < -0.4 is 4.74 Å². The molecule has 6 nitrogen and oxygen atoms in total. The molecule has 0 saturated carbocycles. The summed E-state index contributed by atoms with van der Waals surface area (Å²) >= 11 is 0. The second kappa shape index (κ2) is 8.25. The first-order valence-electron chi connectivity index (χ1n) is 9.52. The third-order valence-electron chi connectivity index (χ3n) is 5.09. The average Bonchev–Trinajstić information content (AvgIpc) is 3.34. The number of hydrogen-bond donors (Lipinski definition) is 1. The molecule has 0 amide bonds. The fourth-order valence-corrected chi connectivity index (χ4v) is 3.79. The van der Waals surface area contributed by atoms with Crippen LogP contribution in [0.15, 0.2) is 53.1 Å². The molecule has 28 heavy (non-hydrogen) atoms. The molecular formula is C22H22N2O4. The molecule has 1 atom stereocenters. The number of aliphatic carboxylic acids is 1.